The number of hydrogen-bond acceptors (Lipinski definition) is 5. The summed E-state index contributed by atoms with van der Waals surface area (Å²) in [5.74, 6) is -0.507. The van der Waals surface area contributed by atoms with Crippen LogP contribution < -0.4 is 9.47 Å². The summed E-state index contributed by atoms with van der Waals surface area (Å²) in [5.41, 5.74) is 0.337. The molecule has 0 fully saturated rings. The molecule has 6 nitrogen and oxygen atoms in total. The van der Waals surface area contributed by atoms with Crippen molar-refractivity contribution in [3.05, 3.63) is 53.3 Å². The summed E-state index contributed by atoms with van der Waals surface area (Å²) in [6.07, 6.45) is -3.03. The molecular formula is C19H17F3N2O4. The Bertz CT molecular complexity index is 945. The third-order valence-corrected chi connectivity index (χ3v) is 5.00. The number of fused-ring (bicyclic) bond motifs is 2. The van der Waals surface area contributed by atoms with Gasteiger partial charge in [0.2, 0.25) is 0 Å². The number of hydrogen-bond donors (Lipinski definition) is 1. The number of benzene rings is 1. The summed E-state index contributed by atoms with van der Waals surface area (Å²) in [7, 11) is 0. The lowest BCUT2D eigenvalue weighted by Gasteiger charge is -2.45. The van der Waals surface area contributed by atoms with Crippen molar-refractivity contribution in [2.75, 3.05) is 0 Å². The van der Waals surface area contributed by atoms with E-state index in [-0.39, 0.29) is 23.8 Å². The van der Waals surface area contributed by atoms with Gasteiger partial charge in [-0.15, -0.1) is 13.2 Å². The van der Waals surface area contributed by atoms with Gasteiger partial charge in [-0.2, -0.15) is 0 Å². The maximum absolute atomic E-state index is 12.9. The van der Waals surface area contributed by atoms with Crippen LogP contribution in [0.2, 0.25) is 0 Å². The van der Waals surface area contributed by atoms with Gasteiger partial charge in [-0.25, -0.2) is 0 Å². The summed E-state index contributed by atoms with van der Waals surface area (Å²) in [6.45, 7) is 3.52. The van der Waals surface area contributed by atoms with E-state index in [1.54, 1.807) is 26.1 Å². The topological polar surface area (TPSA) is 71.9 Å². The Morgan fingerprint density at radius 3 is 2.75 bits per heavy atom. The zero-order valence-electron chi connectivity index (χ0n) is 15.0. The van der Waals surface area contributed by atoms with E-state index < -0.39 is 29.9 Å². The van der Waals surface area contributed by atoms with Crippen LogP contribution in [0.1, 0.15) is 41.4 Å². The first-order valence-electron chi connectivity index (χ1n) is 8.57. The van der Waals surface area contributed by atoms with Crippen LogP contribution in [0.15, 0.2) is 36.7 Å². The molecule has 0 bridgehead atoms. The van der Waals surface area contributed by atoms with Crippen molar-refractivity contribution in [2.45, 2.75) is 44.5 Å². The van der Waals surface area contributed by atoms with Crippen molar-refractivity contribution in [3.8, 4) is 11.5 Å². The van der Waals surface area contributed by atoms with Crippen molar-refractivity contribution in [2.24, 2.45) is 0 Å². The van der Waals surface area contributed by atoms with Crippen LogP contribution in [0, 0.1) is 0 Å². The second-order valence-corrected chi connectivity index (χ2v) is 7.31. The number of carbonyl (C=O) groups excluding carboxylic acids is 1. The lowest BCUT2D eigenvalue weighted by atomic mass is 9.85. The molecule has 4 rings (SSSR count). The number of nitrogens with zero attached hydrogens (tertiary/aromatic N) is 2. The fraction of sp³-hybridized carbons (Fsp3) is 0.368. The van der Waals surface area contributed by atoms with Crippen LogP contribution in [0.3, 0.4) is 0 Å². The van der Waals surface area contributed by atoms with E-state index in [1.165, 1.54) is 17.2 Å². The normalized spacial score (nSPS) is 23.1. The van der Waals surface area contributed by atoms with E-state index in [4.69, 9.17) is 4.74 Å². The van der Waals surface area contributed by atoms with E-state index in [0.29, 0.717) is 5.56 Å². The average Bonchev–Trinajstić information content (AvgIpc) is 2.92. The van der Waals surface area contributed by atoms with Crippen LogP contribution in [0.5, 0.6) is 11.5 Å². The standard InChI is InChI=1S/C19H17F3N2O4/c1-18(2)16(25)15(24-9-10-5-6-23-8-13(10)17(24)26)12-7-11(27-19(20,21)22)3-4-14(12)28-18/h3-8,15-16,25H,9H2,1-2H3/t15-,16+/m0/s1. The smallest absolute Gasteiger partial charge is 0.485 e. The first kappa shape index (κ1) is 18.5. The molecular weight excluding hydrogens is 377 g/mol. The molecule has 2 aromatic rings. The third kappa shape index (κ3) is 3.05. The highest BCUT2D eigenvalue weighted by atomic mass is 19.4. The summed E-state index contributed by atoms with van der Waals surface area (Å²) in [5, 5.41) is 10.9. The van der Waals surface area contributed by atoms with Crippen molar-refractivity contribution in [1.82, 2.24) is 9.88 Å². The number of alkyl halides is 3. The summed E-state index contributed by atoms with van der Waals surface area (Å²) in [6, 6.07) is 4.44. The number of amides is 1. The molecule has 0 saturated heterocycles. The highest BCUT2D eigenvalue weighted by Crippen LogP contribution is 2.46. The maximum Gasteiger partial charge on any atom is 0.573 e. The summed E-state index contributed by atoms with van der Waals surface area (Å²) < 4.78 is 47.7. The number of aromatic nitrogens is 1. The van der Waals surface area contributed by atoms with Gasteiger partial charge in [0.05, 0.1) is 11.6 Å². The first-order chi connectivity index (χ1) is 13.1. The lowest BCUT2D eigenvalue weighted by Crippen LogP contribution is -2.53. The van der Waals surface area contributed by atoms with E-state index in [2.05, 4.69) is 9.72 Å². The monoisotopic (exact) mass is 394 g/mol. The average molecular weight is 394 g/mol. The Morgan fingerprint density at radius 2 is 2.07 bits per heavy atom. The number of pyridine rings is 1. The molecule has 0 aliphatic carbocycles. The Morgan fingerprint density at radius 1 is 1.32 bits per heavy atom. The zero-order valence-corrected chi connectivity index (χ0v) is 15.0. The van der Waals surface area contributed by atoms with Crippen molar-refractivity contribution < 1.29 is 32.5 Å². The van der Waals surface area contributed by atoms with Crippen molar-refractivity contribution >= 4 is 5.91 Å². The van der Waals surface area contributed by atoms with E-state index in [0.717, 1.165) is 17.7 Å². The Labute approximate surface area is 158 Å². The molecule has 148 valence electrons. The molecule has 1 N–H and O–H groups in total. The minimum Gasteiger partial charge on any atom is -0.485 e. The Kier molecular flexibility index (Phi) is 4.04. The molecule has 0 unspecified atom stereocenters. The Balaban J connectivity index is 1.79. The molecule has 1 aromatic heterocycles. The van der Waals surface area contributed by atoms with E-state index in [1.807, 2.05) is 0 Å². The minimum absolute atomic E-state index is 0.207. The summed E-state index contributed by atoms with van der Waals surface area (Å²) in [4.78, 5) is 18.3. The predicted octanol–water partition coefficient (Wildman–Crippen LogP) is 3.21. The number of ether oxygens (including phenoxy) is 2. The molecule has 28 heavy (non-hydrogen) atoms. The van der Waals surface area contributed by atoms with Crippen LogP contribution in [-0.2, 0) is 6.54 Å². The van der Waals surface area contributed by atoms with Crippen LogP contribution in [0.4, 0.5) is 13.2 Å². The number of rotatable bonds is 2. The molecule has 1 amide bonds. The second-order valence-electron chi connectivity index (χ2n) is 7.31. The van der Waals surface area contributed by atoms with Gasteiger partial charge in [0.25, 0.3) is 5.91 Å². The van der Waals surface area contributed by atoms with Crippen LogP contribution >= 0.6 is 0 Å². The largest absolute Gasteiger partial charge is 0.573 e. The SMILES string of the molecule is CC1(C)Oc2ccc(OC(F)(F)F)cc2[C@H](N2Cc3ccncc3C2=O)[C@H]1O. The number of aliphatic hydroxyl groups excluding tert-OH is 1. The molecule has 3 heterocycles. The highest BCUT2D eigenvalue weighted by molar-refractivity contribution is 5.98. The quantitative estimate of drug-likeness (QED) is 0.847. The van der Waals surface area contributed by atoms with Crippen molar-refractivity contribution in [3.63, 3.8) is 0 Å². The first-order valence-corrected chi connectivity index (χ1v) is 8.57. The number of halogens is 3. The van der Waals surface area contributed by atoms with Crippen molar-refractivity contribution in [1.29, 1.82) is 0 Å². The number of aliphatic hydroxyl groups is 1. The van der Waals surface area contributed by atoms with Crippen LogP contribution in [0.25, 0.3) is 0 Å². The molecule has 9 heteroatoms. The fourth-order valence-electron chi connectivity index (χ4n) is 3.67. The maximum atomic E-state index is 12.9. The molecule has 0 spiro atoms. The highest BCUT2D eigenvalue weighted by Gasteiger charge is 2.49. The molecule has 2 aliphatic heterocycles. The second kappa shape index (κ2) is 6.10. The summed E-state index contributed by atoms with van der Waals surface area (Å²) >= 11 is 0. The molecule has 0 radical (unpaired) electrons. The van der Waals surface area contributed by atoms with Gasteiger partial charge < -0.3 is 19.5 Å². The van der Waals surface area contributed by atoms with E-state index >= 15 is 0 Å². The van der Waals surface area contributed by atoms with E-state index in [9.17, 15) is 23.1 Å². The Hall–Kier alpha value is -2.81. The van der Waals surface area contributed by atoms with Gasteiger partial charge >= 0.3 is 6.36 Å². The predicted molar refractivity (Wildman–Crippen MR) is 90.7 cm³/mol. The molecule has 2 atom stereocenters. The van der Waals surface area contributed by atoms with Gasteiger partial charge in [0.15, 0.2) is 0 Å². The lowest BCUT2D eigenvalue weighted by molar-refractivity contribution is -0.274. The fourth-order valence-corrected chi connectivity index (χ4v) is 3.67. The third-order valence-electron chi connectivity index (χ3n) is 5.00. The van der Waals surface area contributed by atoms with Gasteiger partial charge in [-0.1, -0.05) is 0 Å². The molecule has 1 aromatic carbocycles. The number of carbonyl (C=O) groups is 1. The van der Waals surface area contributed by atoms with Gasteiger partial charge in [-0.3, -0.25) is 9.78 Å². The zero-order chi connectivity index (χ0) is 20.3. The van der Waals surface area contributed by atoms with Crippen LogP contribution in [-0.4, -0.2) is 39.0 Å². The van der Waals surface area contributed by atoms with Gasteiger partial charge in [-0.05, 0) is 43.7 Å². The minimum atomic E-state index is -4.86. The molecule has 0 saturated carbocycles. The van der Waals surface area contributed by atoms with Gasteiger partial charge in [0.1, 0.15) is 23.2 Å². The molecule has 2 aliphatic rings. The van der Waals surface area contributed by atoms with Gasteiger partial charge in [0, 0.05) is 24.5 Å².